The van der Waals surface area contributed by atoms with Crippen molar-refractivity contribution in [3.8, 4) is 0 Å². The summed E-state index contributed by atoms with van der Waals surface area (Å²) in [6, 6.07) is 6.57. The first kappa shape index (κ1) is 19.9. The standard InChI is InChI=1S/C18H24N2O6/c1-18(2,3)26-17(23)19-9-6-10-24-11-12-25-20-15(21)13-7-4-5-8-14(13)16(20)22/h4-5,7-8H,6,9-12H2,1-3H3,(H,19,23). The molecule has 0 fully saturated rings. The van der Waals surface area contributed by atoms with Crippen LogP contribution in [0.25, 0.3) is 0 Å². The lowest BCUT2D eigenvalue weighted by atomic mass is 10.1. The first-order valence-corrected chi connectivity index (χ1v) is 8.45. The molecule has 1 aromatic rings. The zero-order valence-corrected chi connectivity index (χ0v) is 15.2. The van der Waals surface area contributed by atoms with Crippen LogP contribution in [0.15, 0.2) is 24.3 Å². The second-order valence-electron chi connectivity index (χ2n) is 6.68. The Bertz CT molecular complexity index is 633. The third-order valence-electron chi connectivity index (χ3n) is 3.34. The Morgan fingerprint density at radius 1 is 1.04 bits per heavy atom. The molecule has 3 amide bonds. The number of ether oxygens (including phenoxy) is 2. The average molecular weight is 364 g/mol. The number of benzene rings is 1. The van der Waals surface area contributed by atoms with Crippen molar-refractivity contribution in [3.63, 3.8) is 0 Å². The van der Waals surface area contributed by atoms with Crippen molar-refractivity contribution in [1.82, 2.24) is 10.4 Å². The molecule has 0 saturated heterocycles. The van der Waals surface area contributed by atoms with Gasteiger partial charge in [-0.1, -0.05) is 12.1 Å². The Kier molecular flexibility index (Phi) is 6.70. The number of rotatable bonds is 8. The summed E-state index contributed by atoms with van der Waals surface area (Å²) in [4.78, 5) is 40.8. The molecular formula is C18H24N2O6. The minimum absolute atomic E-state index is 0.0744. The fraction of sp³-hybridized carbons (Fsp3) is 0.500. The normalized spacial score (nSPS) is 13.7. The third kappa shape index (κ3) is 5.53. The maximum Gasteiger partial charge on any atom is 0.407 e. The molecule has 26 heavy (non-hydrogen) atoms. The van der Waals surface area contributed by atoms with Crippen LogP contribution in [0.5, 0.6) is 0 Å². The molecule has 0 radical (unpaired) electrons. The van der Waals surface area contributed by atoms with Crippen molar-refractivity contribution in [1.29, 1.82) is 0 Å². The molecule has 0 bridgehead atoms. The SMILES string of the molecule is CC(C)(C)OC(=O)NCCCOCCON1C(=O)c2ccccc2C1=O. The third-order valence-corrected chi connectivity index (χ3v) is 3.34. The Hall–Kier alpha value is -2.45. The first-order valence-electron chi connectivity index (χ1n) is 8.45. The molecule has 0 unspecified atom stereocenters. The summed E-state index contributed by atoms with van der Waals surface area (Å²) in [5.41, 5.74) is 0.153. The highest BCUT2D eigenvalue weighted by Gasteiger charge is 2.36. The first-order chi connectivity index (χ1) is 12.3. The maximum absolute atomic E-state index is 12.1. The van der Waals surface area contributed by atoms with Crippen LogP contribution in [0.3, 0.4) is 0 Å². The highest BCUT2D eigenvalue weighted by Crippen LogP contribution is 2.22. The van der Waals surface area contributed by atoms with E-state index in [0.29, 0.717) is 30.7 Å². The van der Waals surface area contributed by atoms with Gasteiger partial charge in [-0.2, -0.15) is 0 Å². The predicted octanol–water partition coefficient (Wildman–Crippen LogP) is 2.15. The van der Waals surface area contributed by atoms with E-state index < -0.39 is 23.5 Å². The molecule has 1 aromatic carbocycles. The molecule has 8 nitrogen and oxygen atoms in total. The van der Waals surface area contributed by atoms with E-state index in [1.165, 1.54) is 0 Å². The van der Waals surface area contributed by atoms with Gasteiger partial charge in [0.1, 0.15) is 5.60 Å². The van der Waals surface area contributed by atoms with E-state index in [1.807, 2.05) is 0 Å². The molecule has 8 heteroatoms. The molecule has 0 spiro atoms. The molecule has 1 N–H and O–H groups in total. The van der Waals surface area contributed by atoms with Crippen LogP contribution < -0.4 is 5.32 Å². The highest BCUT2D eigenvalue weighted by molar-refractivity contribution is 6.20. The monoisotopic (exact) mass is 364 g/mol. The number of hydrogen-bond donors (Lipinski definition) is 1. The summed E-state index contributed by atoms with van der Waals surface area (Å²) >= 11 is 0. The molecule has 2 rings (SSSR count). The number of nitrogens with one attached hydrogen (secondary N) is 1. The Morgan fingerprint density at radius 3 is 2.23 bits per heavy atom. The molecule has 0 aliphatic carbocycles. The maximum atomic E-state index is 12.1. The van der Waals surface area contributed by atoms with E-state index in [1.54, 1.807) is 45.0 Å². The number of hydroxylamine groups is 2. The topological polar surface area (TPSA) is 94.2 Å². The number of nitrogens with zero attached hydrogens (tertiary/aromatic N) is 1. The van der Waals surface area contributed by atoms with Gasteiger partial charge in [-0.05, 0) is 39.3 Å². The number of amides is 3. The van der Waals surface area contributed by atoms with Crippen LogP contribution in [0.2, 0.25) is 0 Å². The summed E-state index contributed by atoms with van der Waals surface area (Å²) in [6.07, 6.45) is 0.137. The molecule has 0 aromatic heterocycles. The summed E-state index contributed by atoms with van der Waals surface area (Å²) in [7, 11) is 0. The number of alkyl carbamates (subject to hydrolysis) is 1. The largest absolute Gasteiger partial charge is 0.444 e. The lowest BCUT2D eigenvalue weighted by Crippen LogP contribution is -2.33. The Morgan fingerprint density at radius 2 is 1.65 bits per heavy atom. The highest BCUT2D eigenvalue weighted by atomic mass is 16.7. The van der Waals surface area contributed by atoms with E-state index in [4.69, 9.17) is 14.3 Å². The fourth-order valence-corrected chi connectivity index (χ4v) is 2.25. The molecule has 1 heterocycles. The predicted molar refractivity (Wildman–Crippen MR) is 92.6 cm³/mol. The lowest BCUT2D eigenvalue weighted by Gasteiger charge is -2.19. The second kappa shape index (κ2) is 8.77. The van der Waals surface area contributed by atoms with Crippen molar-refractivity contribution >= 4 is 17.9 Å². The Balaban J connectivity index is 1.56. The van der Waals surface area contributed by atoms with Gasteiger partial charge in [-0.3, -0.25) is 14.4 Å². The average Bonchev–Trinajstić information content (AvgIpc) is 2.80. The van der Waals surface area contributed by atoms with Gasteiger partial charge in [-0.25, -0.2) is 4.79 Å². The van der Waals surface area contributed by atoms with E-state index in [-0.39, 0.29) is 13.2 Å². The number of hydrogen-bond acceptors (Lipinski definition) is 6. The minimum Gasteiger partial charge on any atom is -0.444 e. The Labute approximate surface area is 152 Å². The number of carbonyl (C=O) groups is 3. The van der Waals surface area contributed by atoms with Gasteiger partial charge < -0.3 is 14.8 Å². The molecule has 0 atom stereocenters. The van der Waals surface area contributed by atoms with Crippen molar-refractivity contribution in [2.45, 2.75) is 32.8 Å². The molecule has 1 aliphatic heterocycles. The quantitative estimate of drug-likeness (QED) is 0.561. The van der Waals surface area contributed by atoms with Gasteiger partial charge >= 0.3 is 6.09 Å². The van der Waals surface area contributed by atoms with E-state index >= 15 is 0 Å². The summed E-state index contributed by atoms with van der Waals surface area (Å²) in [6.45, 7) is 6.51. The molecular weight excluding hydrogens is 340 g/mol. The summed E-state index contributed by atoms with van der Waals surface area (Å²) in [5.74, 6) is -0.931. The van der Waals surface area contributed by atoms with Crippen LogP contribution in [-0.2, 0) is 14.3 Å². The van der Waals surface area contributed by atoms with Gasteiger partial charge in [0.25, 0.3) is 11.8 Å². The second-order valence-corrected chi connectivity index (χ2v) is 6.68. The van der Waals surface area contributed by atoms with Crippen molar-refractivity contribution < 1.29 is 28.7 Å². The lowest BCUT2D eigenvalue weighted by molar-refractivity contribution is -0.106. The molecule has 142 valence electrons. The fourth-order valence-electron chi connectivity index (χ4n) is 2.25. The van der Waals surface area contributed by atoms with Crippen LogP contribution >= 0.6 is 0 Å². The number of fused-ring (bicyclic) bond motifs is 1. The van der Waals surface area contributed by atoms with Crippen LogP contribution in [0, 0.1) is 0 Å². The van der Waals surface area contributed by atoms with E-state index in [9.17, 15) is 14.4 Å². The zero-order valence-electron chi connectivity index (χ0n) is 15.2. The van der Waals surface area contributed by atoms with Gasteiger partial charge in [0.15, 0.2) is 0 Å². The van der Waals surface area contributed by atoms with Crippen molar-refractivity contribution in [3.05, 3.63) is 35.4 Å². The van der Waals surface area contributed by atoms with Gasteiger partial charge in [0.2, 0.25) is 0 Å². The number of carbonyl (C=O) groups excluding carboxylic acids is 3. The smallest absolute Gasteiger partial charge is 0.407 e. The van der Waals surface area contributed by atoms with Gasteiger partial charge in [0.05, 0.1) is 24.3 Å². The van der Waals surface area contributed by atoms with Crippen LogP contribution in [-0.4, -0.2) is 54.9 Å². The van der Waals surface area contributed by atoms with Crippen molar-refractivity contribution in [2.75, 3.05) is 26.4 Å². The molecule has 1 aliphatic rings. The minimum atomic E-state index is -0.526. The van der Waals surface area contributed by atoms with E-state index in [0.717, 1.165) is 5.06 Å². The van der Waals surface area contributed by atoms with Gasteiger partial charge in [0, 0.05) is 13.2 Å². The number of imide groups is 1. The van der Waals surface area contributed by atoms with Crippen molar-refractivity contribution in [2.24, 2.45) is 0 Å². The summed E-state index contributed by atoms with van der Waals surface area (Å²) < 4.78 is 10.5. The molecule has 0 saturated carbocycles. The van der Waals surface area contributed by atoms with E-state index in [2.05, 4.69) is 5.32 Å². The van der Waals surface area contributed by atoms with Gasteiger partial charge in [-0.15, -0.1) is 5.06 Å². The van der Waals surface area contributed by atoms with Crippen LogP contribution in [0.1, 0.15) is 47.9 Å². The van der Waals surface area contributed by atoms with Crippen LogP contribution in [0.4, 0.5) is 4.79 Å². The summed E-state index contributed by atoms with van der Waals surface area (Å²) in [5, 5.41) is 3.39. The zero-order chi connectivity index (χ0) is 19.2.